The SMILES string of the molecule is Cc1cc(C(=O)NCCNc2ccccc2[N+](=O)[O-])ccc1-n1cnnn1. The summed E-state index contributed by atoms with van der Waals surface area (Å²) in [6, 6.07) is 11.6. The van der Waals surface area contributed by atoms with Crippen LogP contribution in [0.15, 0.2) is 48.8 Å². The Bertz CT molecular complexity index is 957. The van der Waals surface area contributed by atoms with Crippen molar-refractivity contribution in [1.82, 2.24) is 25.5 Å². The largest absolute Gasteiger partial charge is 0.378 e. The Morgan fingerprint density at radius 2 is 2.04 bits per heavy atom. The first kappa shape index (κ1) is 18.0. The summed E-state index contributed by atoms with van der Waals surface area (Å²) in [5.74, 6) is -0.231. The molecule has 0 aliphatic rings. The molecule has 27 heavy (non-hydrogen) atoms. The Balaban J connectivity index is 1.56. The number of nitro groups is 1. The predicted molar refractivity (Wildman–Crippen MR) is 97.8 cm³/mol. The minimum Gasteiger partial charge on any atom is -0.378 e. The molecule has 3 aromatic rings. The van der Waals surface area contributed by atoms with Gasteiger partial charge in [-0.1, -0.05) is 12.1 Å². The Morgan fingerprint density at radius 1 is 1.22 bits per heavy atom. The molecule has 0 fully saturated rings. The van der Waals surface area contributed by atoms with Crippen LogP contribution < -0.4 is 10.6 Å². The molecule has 0 aliphatic carbocycles. The zero-order valence-corrected chi connectivity index (χ0v) is 14.5. The van der Waals surface area contributed by atoms with Crippen LogP contribution in [0, 0.1) is 17.0 Å². The molecule has 1 aromatic heterocycles. The van der Waals surface area contributed by atoms with Gasteiger partial charge in [-0.3, -0.25) is 14.9 Å². The highest BCUT2D eigenvalue weighted by atomic mass is 16.6. The van der Waals surface area contributed by atoms with Gasteiger partial charge in [0.25, 0.3) is 11.6 Å². The minimum absolute atomic E-state index is 0.00218. The van der Waals surface area contributed by atoms with Crippen LogP contribution in [-0.2, 0) is 0 Å². The number of hydrogen-bond acceptors (Lipinski definition) is 7. The Morgan fingerprint density at radius 3 is 2.74 bits per heavy atom. The van der Waals surface area contributed by atoms with E-state index in [2.05, 4.69) is 26.2 Å². The van der Waals surface area contributed by atoms with Gasteiger partial charge in [0.05, 0.1) is 10.6 Å². The fraction of sp³-hybridized carbons (Fsp3) is 0.176. The third-order valence-corrected chi connectivity index (χ3v) is 3.88. The lowest BCUT2D eigenvalue weighted by atomic mass is 10.1. The molecule has 0 bridgehead atoms. The van der Waals surface area contributed by atoms with E-state index in [9.17, 15) is 14.9 Å². The molecular weight excluding hydrogens is 350 g/mol. The predicted octanol–water partition coefficient (Wildman–Crippen LogP) is 1.72. The zero-order valence-electron chi connectivity index (χ0n) is 14.5. The number of para-hydroxylation sites is 2. The van der Waals surface area contributed by atoms with Gasteiger partial charge >= 0.3 is 0 Å². The highest BCUT2D eigenvalue weighted by molar-refractivity contribution is 5.94. The summed E-state index contributed by atoms with van der Waals surface area (Å²) in [5.41, 5.74) is 2.56. The smallest absolute Gasteiger partial charge is 0.292 e. The summed E-state index contributed by atoms with van der Waals surface area (Å²) in [5, 5.41) is 27.7. The standard InChI is InChI=1S/C17H17N7O3/c1-12-10-13(6-7-15(12)23-11-20-21-22-23)17(25)19-9-8-18-14-4-2-3-5-16(14)24(26)27/h2-7,10-11,18H,8-9H2,1H3,(H,19,25). The second-order valence-electron chi connectivity index (χ2n) is 5.71. The quantitative estimate of drug-likeness (QED) is 0.370. The lowest BCUT2D eigenvalue weighted by molar-refractivity contribution is -0.384. The number of nitro benzene ring substituents is 1. The topological polar surface area (TPSA) is 128 Å². The van der Waals surface area contributed by atoms with Gasteiger partial charge in [-0.25, -0.2) is 4.68 Å². The van der Waals surface area contributed by atoms with Crippen LogP contribution in [0.2, 0.25) is 0 Å². The number of hydrogen-bond donors (Lipinski definition) is 2. The van der Waals surface area contributed by atoms with Gasteiger partial charge < -0.3 is 10.6 Å². The van der Waals surface area contributed by atoms with E-state index in [1.54, 1.807) is 36.4 Å². The van der Waals surface area contributed by atoms with Gasteiger partial charge in [0.15, 0.2) is 0 Å². The van der Waals surface area contributed by atoms with E-state index in [1.807, 2.05) is 6.92 Å². The van der Waals surface area contributed by atoms with E-state index in [0.717, 1.165) is 11.3 Å². The molecule has 10 heteroatoms. The molecule has 138 valence electrons. The first-order valence-electron chi connectivity index (χ1n) is 8.16. The molecular formula is C17H17N7O3. The van der Waals surface area contributed by atoms with Gasteiger partial charge in [-0.15, -0.1) is 5.10 Å². The van der Waals surface area contributed by atoms with E-state index >= 15 is 0 Å². The summed E-state index contributed by atoms with van der Waals surface area (Å²) in [7, 11) is 0. The van der Waals surface area contributed by atoms with Crippen LogP contribution in [-0.4, -0.2) is 44.1 Å². The van der Waals surface area contributed by atoms with Crippen LogP contribution in [0.1, 0.15) is 15.9 Å². The van der Waals surface area contributed by atoms with Crippen molar-refractivity contribution in [3.63, 3.8) is 0 Å². The van der Waals surface area contributed by atoms with Gasteiger partial charge in [0, 0.05) is 24.7 Å². The fourth-order valence-corrected chi connectivity index (χ4v) is 2.58. The van der Waals surface area contributed by atoms with Crippen LogP contribution in [0.25, 0.3) is 5.69 Å². The summed E-state index contributed by atoms with van der Waals surface area (Å²) in [6.07, 6.45) is 1.48. The number of benzene rings is 2. The maximum atomic E-state index is 12.3. The number of aromatic nitrogens is 4. The normalized spacial score (nSPS) is 10.4. The molecule has 0 atom stereocenters. The molecule has 3 rings (SSSR count). The van der Waals surface area contributed by atoms with Crippen LogP contribution in [0.4, 0.5) is 11.4 Å². The van der Waals surface area contributed by atoms with Crippen LogP contribution in [0.5, 0.6) is 0 Å². The van der Waals surface area contributed by atoms with Crippen molar-refractivity contribution in [3.8, 4) is 5.69 Å². The number of carbonyl (C=O) groups is 1. The number of aryl methyl sites for hydroxylation is 1. The second-order valence-corrected chi connectivity index (χ2v) is 5.71. The molecule has 0 aliphatic heterocycles. The second kappa shape index (κ2) is 8.04. The molecule has 0 unspecified atom stereocenters. The van der Waals surface area contributed by atoms with Gasteiger partial charge in [-0.2, -0.15) is 0 Å². The monoisotopic (exact) mass is 367 g/mol. The zero-order chi connectivity index (χ0) is 19.2. The van der Waals surface area contributed by atoms with E-state index in [1.165, 1.54) is 17.1 Å². The highest BCUT2D eigenvalue weighted by Crippen LogP contribution is 2.22. The number of nitrogens with zero attached hydrogens (tertiary/aromatic N) is 5. The molecule has 10 nitrogen and oxygen atoms in total. The van der Waals surface area contributed by atoms with Crippen molar-refractivity contribution in [2.24, 2.45) is 0 Å². The maximum Gasteiger partial charge on any atom is 0.292 e. The van der Waals surface area contributed by atoms with Crippen molar-refractivity contribution < 1.29 is 9.72 Å². The van der Waals surface area contributed by atoms with Crippen LogP contribution >= 0.6 is 0 Å². The Kier molecular flexibility index (Phi) is 5.36. The molecule has 2 N–H and O–H groups in total. The Labute approximate surface area is 154 Å². The lowest BCUT2D eigenvalue weighted by Gasteiger charge is -2.10. The van der Waals surface area contributed by atoms with Crippen molar-refractivity contribution in [2.45, 2.75) is 6.92 Å². The third-order valence-electron chi connectivity index (χ3n) is 3.88. The molecule has 2 aromatic carbocycles. The van der Waals surface area contributed by atoms with Crippen molar-refractivity contribution in [1.29, 1.82) is 0 Å². The summed E-state index contributed by atoms with van der Waals surface area (Å²) >= 11 is 0. The number of carbonyl (C=O) groups excluding carboxylic acids is 1. The molecule has 0 radical (unpaired) electrons. The average Bonchev–Trinajstić information content (AvgIpc) is 3.19. The van der Waals surface area contributed by atoms with Gasteiger partial charge in [0.1, 0.15) is 12.0 Å². The Hall–Kier alpha value is -3.82. The number of amides is 1. The molecule has 1 amide bonds. The lowest BCUT2D eigenvalue weighted by Crippen LogP contribution is -2.29. The van der Waals surface area contributed by atoms with Crippen molar-refractivity contribution in [2.75, 3.05) is 18.4 Å². The maximum absolute atomic E-state index is 12.3. The van der Waals surface area contributed by atoms with E-state index in [0.29, 0.717) is 24.3 Å². The summed E-state index contributed by atoms with van der Waals surface area (Å²) in [4.78, 5) is 22.8. The minimum atomic E-state index is -0.449. The first-order chi connectivity index (χ1) is 13.1. The number of nitrogens with one attached hydrogen (secondary N) is 2. The molecule has 0 saturated heterocycles. The molecule has 0 spiro atoms. The van der Waals surface area contributed by atoms with E-state index in [-0.39, 0.29) is 11.6 Å². The molecule has 1 heterocycles. The van der Waals surface area contributed by atoms with Gasteiger partial charge in [0.2, 0.25) is 0 Å². The summed E-state index contributed by atoms with van der Waals surface area (Å²) < 4.78 is 1.52. The third kappa shape index (κ3) is 4.24. The fourth-order valence-electron chi connectivity index (χ4n) is 2.58. The average molecular weight is 367 g/mol. The van der Waals surface area contributed by atoms with E-state index in [4.69, 9.17) is 0 Å². The molecule has 0 saturated carbocycles. The van der Waals surface area contributed by atoms with Crippen molar-refractivity contribution in [3.05, 3.63) is 70.0 Å². The van der Waals surface area contributed by atoms with E-state index < -0.39 is 4.92 Å². The summed E-state index contributed by atoms with van der Waals surface area (Å²) in [6.45, 7) is 2.54. The highest BCUT2D eigenvalue weighted by Gasteiger charge is 2.12. The number of anilines is 1. The number of rotatable bonds is 7. The van der Waals surface area contributed by atoms with Gasteiger partial charge in [-0.05, 0) is 47.2 Å². The first-order valence-corrected chi connectivity index (χ1v) is 8.16. The number of tetrazole rings is 1. The van der Waals surface area contributed by atoms with Crippen LogP contribution in [0.3, 0.4) is 0 Å². The van der Waals surface area contributed by atoms with Crippen molar-refractivity contribution >= 4 is 17.3 Å².